The van der Waals surface area contributed by atoms with Crippen LogP contribution in [0.5, 0.6) is 0 Å². The zero-order chi connectivity index (χ0) is 19.4. The van der Waals surface area contributed by atoms with Crippen molar-refractivity contribution in [3.05, 3.63) is 83.8 Å². The van der Waals surface area contributed by atoms with Gasteiger partial charge in [-0.3, -0.25) is 9.52 Å². The fourth-order valence-electron chi connectivity index (χ4n) is 2.57. The maximum Gasteiger partial charge on any atom is 0.261 e. The first-order valence-corrected chi connectivity index (χ1v) is 9.88. The highest BCUT2D eigenvalue weighted by Gasteiger charge is 2.17. The molecular formula is C20H20N2O4S. The van der Waals surface area contributed by atoms with Gasteiger partial charge in [-0.2, -0.15) is 0 Å². The predicted molar refractivity (Wildman–Crippen MR) is 103 cm³/mol. The van der Waals surface area contributed by atoms with Crippen molar-refractivity contribution in [2.24, 2.45) is 0 Å². The number of hydrogen-bond donors (Lipinski definition) is 2. The summed E-state index contributed by atoms with van der Waals surface area (Å²) in [5.74, 6) is 0.333. The Bertz CT molecular complexity index is 1030. The van der Waals surface area contributed by atoms with E-state index in [1.165, 1.54) is 24.3 Å². The van der Waals surface area contributed by atoms with Crippen LogP contribution in [0.3, 0.4) is 0 Å². The minimum atomic E-state index is -3.73. The standard InChI is InChI=1S/C20H20N2O4S/c1-14-6-3-4-7-18(14)22-27(24,25)17-11-9-16(10-12-17)20(23)21-15(2)19-8-5-13-26-19/h3-13,15,22H,1-2H3,(H,21,23)/t15-/m1/s1. The number of amides is 1. The number of aryl methyl sites for hydroxylation is 1. The summed E-state index contributed by atoms with van der Waals surface area (Å²) in [4.78, 5) is 12.4. The zero-order valence-corrected chi connectivity index (χ0v) is 15.8. The minimum absolute atomic E-state index is 0.0846. The average molecular weight is 384 g/mol. The van der Waals surface area contributed by atoms with Crippen LogP contribution in [0.15, 0.2) is 76.2 Å². The summed E-state index contributed by atoms with van der Waals surface area (Å²) >= 11 is 0. The number of furan rings is 1. The van der Waals surface area contributed by atoms with E-state index in [4.69, 9.17) is 4.42 Å². The molecule has 6 nitrogen and oxygen atoms in total. The number of carbonyl (C=O) groups excluding carboxylic acids is 1. The van der Waals surface area contributed by atoms with Gasteiger partial charge in [0.15, 0.2) is 0 Å². The Morgan fingerprint density at radius 3 is 2.33 bits per heavy atom. The van der Waals surface area contributed by atoms with Crippen LogP contribution in [0.4, 0.5) is 5.69 Å². The first kappa shape index (κ1) is 18.7. The van der Waals surface area contributed by atoms with Crippen LogP contribution in [-0.4, -0.2) is 14.3 Å². The first-order chi connectivity index (χ1) is 12.9. The van der Waals surface area contributed by atoms with Crippen molar-refractivity contribution >= 4 is 21.6 Å². The molecule has 0 aliphatic rings. The molecule has 3 rings (SSSR count). The van der Waals surface area contributed by atoms with Gasteiger partial charge in [0.1, 0.15) is 5.76 Å². The monoisotopic (exact) mass is 384 g/mol. The summed E-state index contributed by atoms with van der Waals surface area (Å²) in [5, 5.41) is 2.81. The van der Waals surface area contributed by atoms with Crippen LogP contribution in [0.1, 0.15) is 34.6 Å². The fourth-order valence-corrected chi connectivity index (χ4v) is 3.70. The Hall–Kier alpha value is -3.06. The third-order valence-electron chi connectivity index (χ3n) is 4.13. The Morgan fingerprint density at radius 1 is 1.00 bits per heavy atom. The summed E-state index contributed by atoms with van der Waals surface area (Å²) in [6, 6.07) is 16.1. The summed E-state index contributed by atoms with van der Waals surface area (Å²) < 4.78 is 32.9. The van der Waals surface area contributed by atoms with E-state index in [2.05, 4.69) is 10.0 Å². The number of para-hydroxylation sites is 1. The molecule has 2 N–H and O–H groups in total. The highest BCUT2D eigenvalue weighted by Crippen LogP contribution is 2.20. The molecule has 27 heavy (non-hydrogen) atoms. The molecule has 140 valence electrons. The van der Waals surface area contributed by atoms with Crippen LogP contribution in [0, 0.1) is 6.92 Å². The Morgan fingerprint density at radius 2 is 1.70 bits per heavy atom. The lowest BCUT2D eigenvalue weighted by atomic mass is 10.2. The molecule has 0 spiro atoms. The Balaban J connectivity index is 1.72. The Labute approximate surface area is 158 Å². The topological polar surface area (TPSA) is 88.4 Å². The van der Waals surface area contributed by atoms with E-state index in [9.17, 15) is 13.2 Å². The third-order valence-corrected chi connectivity index (χ3v) is 5.52. The lowest BCUT2D eigenvalue weighted by Gasteiger charge is -2.13. The average Bonchev–Trinajstić information content (AvgIpc) is 3.18. The molecule has 1 amide bonds. The summed E-state index contributed by atoms with van der Waals surface area (Å²) in [7, 11) is -3.73. The van der Waals surface area contributed by atoms with Gasteiger partial charge in [-0.25, -0.2) is 8.42 Å². The summed E-state index contributed by atoms with van der Waals surface area (Å²) in [6.07, 6.45) is 1.54. The molecule has 2 aromatic carbocycles. The largest absolute Gasteiger partial charge is 0.467 e. The van der Waals surface area contributed by atoms with Crippen LogP contribution >= 0.6 is 0 Å². The molecule has 0 aliphatic carbocycles. The van der Waals surface area contributed by atoms with E-state index in [1.807, 2.05) is 26.0 Å². The second kappa shape index (κ2) is 7.67. The van der Waals surface area contributed by atoms with Crippen molar-refractivity contribution in [2.75, 3.05) is 4.72 Å². The van der Waals surface area contributed by atoms with Gasteiger partial charge >= 0.3 is 0 Å². The maximum atomic E-state index is 12.5. The van der Waals surface area contributed by atoms with Crippen molar-refractivity contribution in [1.29, 1.82) is 0 Å². The molecule has 1 atom stereocenters. The smallest absolute Gasteiger partial charge is 0.261 e. The quantitative estimate of drug-likeness (QED) is 0.675. The van der Waals surface area contributed by atoms with Crippen LogP contribution in [0.25, 0.3) is 0 Å². The number of rotatable bonds is 6. The highest BCUT2D eigenvalue weighted by atomic mass is 32.2. The number of anilines is 1. The molecule has 0 bridgehead atoms. The molecule has 1 aromatic heterocycles. The molecular weight excluding hydrogens is 364 g/mol. The molecule has 0 radical (unpaired) electrons. The Kier molecular flexibility index (Phi) is 5.32. The lowest BCUT2D eigenvalue weighted by Crippen LogP contribution is -2.26. The fraction of sp³-hybridized carbons (Fsp3) is 0.150. The molecule has 0 saturated heterocycles. The molecule has 7 heteroatoms. The molecule has 0 aliphatic heterocycles. The van der Waals surface area contributed by atoms with Crippen LogP contribution < -0.4 is 10.0 Å². The maximum absolute atomic E-state index is 12.5. The number of sulfonamides is 1. The summed E-state index contributed by atoms with van der Waals surface area (Å²) in [6.45, 7) is 3.63. The molecule has 0 fully saturated rings. The minimum Gasteiger partial charge on any atom is -0.467 e. The number of carbonyl (C=O) groups is 1. The van der Waals surface area contributed by atoms with Crippen LogP contribution in [-0.2, 0) is 10.0 Å². The highest BCUT2D eigenvalue weighted by molar-refractivity contribution is 7.92. The first-order valence-electron chi connectivity index (χ1n) is 8.39. The normalized spacial score (nSPS) is 12.4. The van der Waals surface area contributed by atoms with Gasteiger partial charge in [0, 0.05) is 5.56 Å². The van der Waals surface area contributed by atoms with Crippen LogP contribution in [0.2, 0.25) is 0 Å². The number of hydrogen-bond acceptors (Lipinski definition) is 4. The molecule has 3 aromatic rings. The molecule has 0 saturated carbocycles. The van der Waals surface area contributed by atoms with Crippen molar-refractivity contribution in [3.63, 3.8) is 0 Å². The summed E-state index contributed by atoms with van der Waals surface area (Å²) in [5.41, 5.74) is 1.71. The van der Waals surface area contributed by atoms with Gasteiger partial charge in [-0.1, -0.05) is 18.2 Å². The number of benzene rings is 2. The van der Waals surface area contributed by atoms with E-state index in [0.717, 1.165) is 5.56 Å². The van der Waals surface area contributed by atoms with E-state index >= 15 is 0 Å². The van der Waals surface area contributed by atoms with Crippen molar-refractivity contribution in [2.45, 2.75) is 24.8 Å². The van der Waals surface area contributed by atoms with Gasteiger partial charge < -0.3 is 9.73 Å². The van der Waals surface area contributed by atoms with E-state index in [0.29, 0.717) is 17.0 Å². The second-order valence-electron chi connectivity index (χ2n) is 6.16. The van der Waals surface area contributed by atoms with Gasteiger partial charge in [-0.05, 0) is 61.9 Å². The second-order valence-corrected chi connectivity index (χ2v) is 7.84. The number of nitrogens with one attached hydrogen (secondary N) is 2. The van der Waals surface area contributed by atoms with Gasteiger partial charge in [0.25, 0.3) is 15.9 Å². The molecule has 1 heterocycles. The van der Waals surface area contributed by atoms with Crippen molar-refractivity contribution in [3.8, 4) is 0 Å². The van der Waals surface area contributed by atoms with Gasteiger partial charge in [0.05, 0.1) is 22.9 Å². The van der Waals surface area contributed by atoms with Gasteiger partial charge in [0.2, 0.25) is 0 Å². The van der Waals surface area contributed by atoms with E-state index < -0.39 is 10.0 Å². The van der Waals surface area contributed by atoms with Crippen molar-refractivity contribution in [1.82, 2.24) is 5.32 Å². The SMILES string of the molecule is Cc1ccccc1NS(=O)(=O)c1ccc(C(=O)N[C@H](C)c2ccco2)cc1. The molecule has 0 unspecified atom stereocenters. The third kappa shape index (κ3) is 4.38. The predicted octanol–water partition coefficient (Wildman–Crippen LogP) is 3.88. The van der Waals surface area contributed by atoms with Crippen molar-refractivity contribution < 1.29 is 17.6 Å². The van der Waals surface area contributed by atoms with E-state index in [-0.39, 0.29) is 16.8 Å². The lowest BCUT2D eigenvalue weighted by molar-refractivity contribution is 0.0935. The van der Waals surface area contributed by atoms with Gasteiger partial charge in [-0.15, -0.1) is 0 Å². The zero-order valence-electron chi connectivity index (χ0n) is 15.0. The van der Waals surface area contributed by atoms with E-state index in [1.54, 1.807) is 30.5 Å².